The van der Waals surface area contributed by atoms with Crippen LogP contribution in [0.1, 0.15) is 39.2 Å². The first-order valence-electron chi connectivity index (χ1n) is 9.16. The first-order chi connectivity index (χ1) is 12.6. The normalized spacial score (nSPS) is 16.8. The lowest BCUT2D eigenvalue weighted by Gasteiger charge is -2.14. The van der Waals surface area contributed by atoms with Crippen LogP contribution in [0.5, 0.6) is 11.5 Å². The molecule has 0 unspecified atom stereocenters. The Morgan fingerprint density at radius 2 is 2.23 bits per heavy atom. The zero-order valence-corrected chi connectivity index (χ0v) is 16.6. The first-order valence-corrected chi connectivity index (χ1v) is 9.57. The van der Waals surface area contributed by atoms with Crippen molar-refractivity contribution in [3.05, 3.63) is 23.8 Å². The van der Waals surface area contributed by atoms with Crippen molar-refractivity contribution in [3.63, 3.8) is 0 Å². The topological polar surface area (TPSA) is 64.1 Å². The number of nitrogens with zero attached hydrogens (tertiary/aromatic N) is 1. The van der Waals surface area contributed by atoms with Crippen molar-refractivity contribution >= 4 is 23.5 Å². The Balaban J connectivity index is 1.85. The highest BCUT2D eigenvalue weighted by molar-refractivity contribution is 7.80. The van der Waals surface area contributed by atoms with E-state index in [2.05, 4.69) is 29.7 Å². The summed E-state index contributed by atoms with van der Waals surface area (Å²) in [5, 5.41) is 7.78. The molecule has 0 amide bonds. The molecule has 1 aliphatic rings. The molecule has 144 valence electrons. The Hall–Kier alpha value is -1.86. The maximum atomic E-state index is 5.80. The van der Waals surface area contributed by atoms with Crippen LogP contribution in [0.15, 0.2) is 23.3 Å². The van der Waals surface area contributed by atoms with E-state index in [1.54, 1.807) is 6.21 Å². The highest BCUT2D eigenvalue weighted by Gasteiger charge is 2.15. The van der Waals surface area contributed by atoms with Gasteiger partial charge < -0.3 is 19.5 Å². The fourth-order valence-corrected chi connectivity index (χ4v) is 2.60. The predicted octanol–water partition coefficient (Wildman–Crippen LogP) is 3.10. The Morgan fingerprint density at radius 1 is 1.38 bits per heavy atom. The number of ether oxygens (including phenoxy) is 3. The molecule has 2 rings (SSSR count). The van der Waals surface area contributed by atoms with Crippen LogP contribution in [0.3, 0.4) is 0 Å². The third-order valence-corrected chi connectivity index (χ3v) is 3.97. The number of hydrogen-bond donors (Lipinski definition) is 2. The molecule has 6 nitrogen and oxygen atoms in total. The van der Waals surface area contributed by atoms with Gasteiger partial charge in [-0.25, -0.2) is 0 Å². The van der Waals surface area contributed by atoms with Crippen molar-refractivity contribution in [3.8, 4) is 11.5 Å². The fourth-order valence-electron chi connectivity index (χ4n) is 2.47. The standard InChI is InChI=1S/C19H29N3O3S/c1-4-23-18-10-15(7-8-17(18)25-13-14(2)3)11-21-22-19(26)20-12-16-6-5-9-24-16/h7-8,10-11,14,16H,4-6,9,12-13H2,1-3H3,(H2,20,22,26)/b21-11-/t16-/m0/s1. The molecule has 1 atom stereocenters. The van der Waals surface area contributed by atoms with Crippen molar-refractivity contribution in [1.29, 1.82) is 0 Å². The van der Waals surface area contributed by atoms with E-state index in [9.17, 15) is 0 Å². The van der Waals surface area contributed by atoms with E-state index in [4.69, 9.17) is 26.4 Å². The second-order valence-electron chi connectivity index (χ2n) is 6.56. The van der Waals surface area contributed by atoms with Gasteiger partial charge in [-0.3, -0.25) is 5.43 Å². The van der Waals surface area contributed by atoms with Crippen LogP contribution < -0.4 is 20.2 Å². The summed E-state index contributed by atoms with van der Waals surface area (Å²) in [6.07, 6.45) is 4.13. The number of benzene rings is 1. The Kier molecular flexibility index (Phi) is 8.64. The van der Waals surface area contributed by atoms with Crippen LogP contribution in [0.2, 0.25) is 0 Å². The molecular weight excluding hydrogens is 350 g/mol. The van der Waals surface area contributed by atoms with Crippen LogP contribution in [0.25, 0.3) is 0 Å². The Labute approximate surface area is 161 Å². The van der Waals surface area contributed by atoms with E-state index in [0.717, 1.165) is 36.5 Å². The fraction of sp³-hybridized carbons (Fsp3) is 0.579. The first kappa shape index (κ1) is 20.5. The molecule has 7 heteroatoms. The van der Waals surface area contributed by atoms with Crippen molar-refractivity contribution in [2.75, 3.05) is 26.4 Å². The maximum Gasteiger partial charge on any atom is 0.187 e. The summed E-state index contributed by atoms with van der Waals surface area (Å²) in [7, 11) is 0. The highest BCUT2D eigenvalue weighted by Crippen LogP contribution is 2.28. The van der Waals surface area contributed by atoms with Gasteiger partial charge in [-0.05, 0) is 61.7 Å². The van der Waals surface area contributed by atoms with Crippen LogP contribution in [0, 0.1) is 5.92 Å². The van der Waals surface area contributed by atoms with Gasteiger partial charge in [0.05, 0.1) is 25.5 Å². The average molecular weight is 380 g/mol. The molecule has 2 N–H and O–H groups in total. The number of thiocarbonyl (C=S) groups is 1. The minimum atomic E-state index is 0.242. The van der Waals surface area contributed by atoms with Crippen molar-refractivity contribution in [2.24, 2.45) is 11.0 Å². The van der Waals surface area contributed by atoms with Crippen molar-refractivity contribution < 1.29 is 14.2 Å². The van der Waals surface area contributed by atoms with Crippen LogP contribution >= 0.6 is 12.2 Å². The average Bonchev–Trinajstić information content (AvgIpc) is 3.13. The maximum absolute atomic E-state index is 5.80. The van der Waals surface area contributed by atoms with E-state index in [-0.39, 0.29) is 6.10 Å². The van der Waals surface area contributed by atoms with Gasteiger partial charge in [0.25, 0.3) is 0 Å². The Morgan fingerprint density at radius 3 is 2.92 bits per heavy atom. The van der Waals surface area contributed by atoms with E-state index in [1.165, 1.54) is 0 Å². The van der Waals surface area contributed by atoms with Crippen molar-refractivity contribution in [2.45, 2.75) is 39.7 Å². The third-order valence-electron chi connectivity index (χ3n) is 3.73. The van der Waals surface area contributed by atoms with Crippen LogP contribution in [-0.4, -0.2) is 43.8 Å². The zero-order valence-electron chi connectivity index (χ0n) is 15.8. The quantitative estimate of drug-likeness (QED) is 0.391. The molecule has 1 aliphatic heterocycles. The summed E-state index contributed by atoms with van der Waals surface area (Å²) in [6.45, 7) is 8.95. The van der Waals surface area contributed by atoms with Gasteiger partial charge in [-0.1, -0.05) is 13.8 Å². The van der Waals surface area contributed by atoms with Gasteiger partial charge in [0.15, 0.2) is 16.6 Å². The second-order valence-corrected chi connectivity index (χ2v) is 6.97. The number of rotatable bonds is 9. The summed E-state index contributed by atoms with van der Waals surface area (Å²) in [4.78, 5) is 0. The van der Waals surface area contributed by atoms with Gasteiger partial charge in [0.1, 0.15) is 0 Å². The number of hydrazone groups is 1. The Bertz CT molecular complexity index is 602. The minimum absolute atomic E-state index is 0.242. The van der Waals surface area contributed by atoms with E-state index in [0.29, 0.717) is 30.8 Å². The van der Waals surface area contributed by atoms with Crippen molar-refractivity contribution in [1.82, 2.24) is 10.7 Å². The summed E-state index contributed by atoms with van der Waals surface area (Å²) in [5.74, 6) is 1.92. The molecule has 0 saturated carbocycles. The second kappa shape index (κ2) is 11.0. The molecule has 0 aromatic heterocycles. The molecule has 1 fully saturated rings. The van der Waals surface area contributed by atoms with E-state index < -0.39 is 0 Å². The number of nitrogens with one attached hydrogen (secondary N) is 2. The van der Waals surface area contributed by atoms with Gasteiger partial charge in [-0.15, -0.1) is 0 Å². The molecule has 1 saturated heterocycles. The van der Waals surface area contributed by atoms with Crippen LogP contribution in [-0.2, 0) is 4.74 Å². The SMILES string of the molecule is CCOc1cc(/C=N\NC(=S)NC[C@@H]2CCCO2)ccc1OCC(C)C. The van der Waals surface area contributed by atoms with E-state index in [1.807, 2.05) is 25.1 Å². The van der Waals surface area contributed by atoms with Gasteiger partial charge in [-0.2, -0.15) is 5.10 Å². The largest absolute Gasteiger partial charge is 0.490 e. The minimum Gasteiger partial charge on any atom is -0.490 e. The summed E-state index contributed by atoms with van der Waals surface area (Å²) < 4.78 is 17.0. The molecule has 1 aromatic rings. The predicted molar refractivity (Wildman–Crippen MR) is 108 cm³/mol. The zero-order chi connectivity index (χ0) is 18.8. The highest BCUT2D eigenvalue weighted by atomic mass is 32.1. The number of hydrogen-bond acceptors (Lipinski definition) is 5. The molecule has 1 heterocycles. The summed E-state index contributed by atoms with van der Waals surface area (Å²) in [6, 6.07) is 5.75. The molecule has 0 aliphatic carbocycles. The van der Waals surface area contributed by atoms with Gasteiger partial charge in [0, 0.05) is 13.2 Å². The van der Waals surface area contributed by atoms with Crippen LogP contribution in [0.4, 0.5) is 0 Å². The molecule has 0 bridgehead atoms. The third kappa shape index (κ3) is 7.17. The lowest BCUT2D eigenvalue weighted by atomic mass is 10.2. The monoisotopic (exact) mass is 379 g/mol. The van der Waals surface area contributed by atoms with Gasteiger partial charge in [0.2, 0.25) is 0 Å². The molecular formula is C19H29N3O3S. The molecule has 0 spiro atoms. The van der Waals surface area contributed by atoms with Gasteiger partial charge >= 0.3 is 0 Å². The summed E-state index contributed by atoms with van der Waals surface area (Å²) in [5.41, 5.74) is 3.73. The summed E-state index contributed by atoms with van der Waals surface area (Å²) >= 11 is 5.21. The lowest BCUT2D eigenvalue weighted by Crippen LogP contribution is -2.37. The molecule has 0 radical (unpaired) electrons. The lowest BCUT2D eigenvalue weighted by molar-refractivity contribution is 0.114. The van der Waals surface area contributed by atoms with E-state index >= 15 is 0 Å². The molecule has 26 heavy (non-hydrogen) atoms. The smallest absolute Gasteiger partial charge is 0.187 e. The molecule has 1 aromatic carbocycles.